The van der Waals surface area contributed by atoms with Crippen molar-refractivity contribution in [3.8, 4) is 0 Å². The van der Waals surface area contributed by atoms with Gasteiger partial charge in [0.05, 0.1) is 11.6 Å². The highest BCUT2D eigenvalue weighted by molar-refractivity contribution is 5.87. The summed E-state index contributed by atoms with van der Waals surface area (Å²) in [6.07, 6.45) is 5.26. The number of rotatable bonds is 3. The molecule has 1 atom stereocenters. The lowest BCUT2D eigenvalue weighted by atomic mass is 9.82. The molecule has 2 N–H and O–H groups in total. The lowest BCUT2D eigenvalue weighted by molar-refractivity contribution is -0.120. The number of hydrogen-bond donors (Lipinski definition) is 1. The molecular weight excluding hydrogens is 248 g/mol. The highest BCUT2D eigenvalue weighted by Crippen LogP contribution is 2.31. The quantitative estimate of drug-likeness (QED) is 0.869. The second kappa shape index (κ2) is 5.45. The van der Waals surface area contributed by atoms with Crippen LogP contribution in [-0.4, -0.2) is 10.8 Å². The van der Waals surface area contributed by atoms with Gasteiger partial charge in [0.15, 0.2) is 0 Å². The van der Waals surface area contributed by atoms with Crippen LogP contribution in [0.3, 0.4) is 0 Å². The number of pyridine rings is 1. The van der Waals surface area contributed by atoms with Crippen LogP contribution in [0.4, 0.5) is 5.69 Å². The van der Waals surface area contributed by atoms with Crippen molar-refractivity contribution in [2.24, 2.45) is 0 Å². The van der Waals surface area contributed by atoms with Crippen LogP contribution < -0.4 is 5.73 Å². The van der Waals surface area contributed by atoms with E-state index in [0.717, 1.165) is 36.2 Å². The number of anilines is 1. The molecule has 0 spiro atoms. The van der Waals surface area contributed by atoms with E-state index < -0.39 is 0 Å². The van der Waals surface area contributed by atoms with E-state index in [1.54, 1.807) is 6.20 Å². The predicted octanol–water partition coefficient (Wildman–Crippen LogP) is 2.90. The summed E-state index contributed by atoms with van der Waals surface area (Å²) in [4.78, 5) is 17.0. The molecule has 1 unspecified atom stereocenters. The number of aryl methyl sites for hydroxylation is 1. The van der Waals surface area contributed by atoms with Gasteiger partial charge in [-0.15, -0.1) is 0 Å². The fourth-order valence-electron chi connectivity index (χ4n) is 2.88. The highest BCUT2D eigenvalue weighted by atomic mass is 16.1. The smallest absolute Gasteiger partial charge is 0.146 e. The van der Waals surface area contributed by atoms with Crippen molar-refractivity contribution in [2.75, 3.05) is 5.73 Å². The summed E-state index contributed by atoms with van der Waals surface area (Å²) < 4.78 is 0. The Hall–Kier alpha value is -2.16. The normalized spacial score (nSPS) is 17.5. The standard InChI is InChI=1S/C17H18N2O/c18-14-8-6-12(7-9-14)11-16(20)15-5-1-3-13-4-2-10-19-17(13)15/h2,4,6-10,15H,1,3,5,11,18H2. The molecular formula is C17H18N2O. The van der Waals surface area contributed by atoms with Gasteiger partial charge in [-0.25, -0.2) is 0 Å². The first-order valence-corrected chi connectivity index (χ1v) is 7.05. The highest BCUT2D eigenvalue weighted by Gasteiger charge is 2.27. The molecule has 0 aliphatic heterocycles. The van der Waals surface area contributed by atoms with Gasteiger partial charge in [-0.3, -0.25) is 9.78 Å². The number of Topliss-reactive ketones (excluding diaryl/α,β-unsaturated/α-hetero) is 1. The van der Waals surface area contributed by atoms with E-state index in [1.807, 2.05) is 30.3 Å². The van der Waals surface area contributed by atoms with E-state index in [1.165, 1.54) is 5.56 Å². The van der Waals surface area contributed by atoms with Gasteiger partial charge in [-0.1, -0.05) is 18.2 Å². The third-order valence-electron chi connectivity index (χ3n) is 3.94. The Bertz CT molecular complexity index is 619. The lowest BCUT2D eigenvalue weighted by Crippen LogP contribution is -2.21. The van der Waals surface area contributed by atoms with Gasteiger partial charge in [0.1, 0.15) is 5.78 Å². The van der Waals surface area contributed by atoms with Crippen LogP contribution in [0.25, 0.3) is 0 Å². The van der Waals surface area contributed by atoms with Crippen LogP contribution in [0, 0.1) is 0 Å². The first kappa shape index (κ1) is 12.9. The van der Waals surface area contributed by atoms with Crippen LogP contribution in [-0.2, 0) is 17.6 Å². The number of fused-ring (bicyclic) bond motifs is 1. The van der Waals surface area contributed by atoms with Crippen molar-refractivity contribution in [1.82, 2.24) is 4.98 Å². The minimum atomic E-state index is -0.0440. The number of carbonyl (C=O) groups is 1. The predicted molar refractivity (Wildman–Crippen MR) is 79.5 cm³/mol. The number of carbonyl (C=O) groups excluding carboxylic acids is 1. The Morgan fingerprint density at radius 1 is 1.25 bits per heavy atom. The number of ketones is 1. The van der Waals surface area contributed by atoms with Crippen molar-refractivity contribution < 1.29 is 4.79 Å². The Kier molecular flexibility index (Phi) is 3.50. The average Bonchev–Trinajstić information content (AvgIpc) is 2.49. The zero-order valence-electron chi connectivity index (χ0n) is 11.4. The first-order valence-electron chi connectivity index (χ1n) is 7.05. The van der Waals surface area contributed by atoms with Gasteiger partial charge >= 0.3 is 0 Å². The van der Waals surface area contributed by atoms with Gasteiger partial charge in [0, 0.05) is 18.3 Å². The summed E-state index contributed by atoms with van der Waals surface area (Å²) >= 11 is 0. The molecule has 1 aromatic heterocycles. The Morgan fingerprint density at radius 2 is 2.05 bits per heavy atom. The van der Waals surface area contributed by atoms with Crippen molar-refractivity contribution in [3.05, 3.63) is 59.4 Å². The van der Waals surface area contributed by atoms with E-state index in [4.69, 9.17) is 5.73 Å². The molecule has 3 heteroatoms. The zero-order valence-corrected chi connectivity index (χ0v) is 11.4. The molecule has 0 radical (unpaired) electrons. The van der Waals surface area contributed by atoms with Crippen molar-refractivity contribution >= 4 is 11.5 Å². The second-order valence-corrected chi connectivity index (χ2v) is 5.38. The van der Waals surface area contributed by atoms with Crippen LogP contribution >= 0.6 is 0 Å². The molecule has 1 aliphatic carbocycles. The number of hydrogen-bond acceptors (Lipinski definition) is 3. The molecule has 3 rings (SSSR count). The molecule has 1 heterocycles. The SMILES string of the molecule is Nc1ccc(CC(=O)C2CCCc3cccnc32)cc1. The maximum absolute atomic E-state index is 12.5. The number of nitrogens with two attached hydrogens (primary N) is 1. The van der Waals surface area contributed by atoms with E-state index >= 15 is 0 Å². The summed E-state index contributed by atoms with van der Waals surface area (Å²) in [5.41, 5.74) is 9.63. The molecule has 102 valence electrons. The summed E-state index contributed by atoms with van der Waals surface area (Å²) in [6, 6.07) is 11.6. The van der Waals surface area contributed by atoms with Crippen LogP contribution in [0.15, 0.2) is 42.6 Å². The third-order valence-corrected chi connectivity index (χ3v) is 3.94. The number of nitrogen functional groups attached to an aromatic ring is 1. The Balaban J connectivity index is 1.80. The third kappa shape index (κ3) is 2.57. The fraction of sp³-hybridized carbons (Fsp3) is 0.294. The van der Waals surface area contributed by atoms with E-state index in [0.29, 0.717) is 6.42 Å². The Morgan fingerprint density at radius 3 is 2.85 bits per heavy atom. The van der Waals surface area contributed by atoms with E-state index in [9.17, 15) is 4.79 Å². The summed E-state index contributed by atoms with van der Waals surface area (Å²) in [5.74, 6) is 0.215. The number of nitrogens with zero attached hydrogens (tertiary/aromatic N) is 1. The molecule has 20 heavy (non-hydrogen) atoms. The van der Waals surface area contributed by atoms with Crippen molar-refractivity contribution in [3.63, 3.8) is 0 Å². The van der Waals surface area contributed by atoms with Crippen molar-refractivity contribution in [2.45, 2.75) is 31.6 Å². The van der Waals surface area contributed by atoms with Gasteiger partial charge in [-0.2, -0.15) is 0 Å². The average molecular weight is 266 g/mol. The second-order valence-electron chi connectivity index (χ2n) is 5.38. The van der Waals surface area contributed by atoms with E-state index in [2.05, 4.69) is 11.1 Å². The summed E-state index contributed by atoms with van der Waals surface area (Å²) in [5, 5.41) is 0. The molecule has 0 amide bonds. The largest absolute Gasteiger partial charge is 0.399 e. The number of benzene rings is 1. The molecule has 0 saturated heterocycles. The molecule has 3 nitrogen and oxygen atoms in total. The minimum absolute atomic E-state index is 0.0440. The number of aromatic nitrogens is 1. The monoisotopic (exact) mass is 266 g/mol. The first-order chi connectivity index (χ1) is 9.74. The minimum Gasteiger partial charge on any atom is -0.399 e. The lowest BCUT2D eigenvalue weighted by Gasteiger charge is -2.23. The molecule has 1 aliphatic rings. The van der Waals surface area contributed by atoms with Crippen molar-refractivity contribution in [1.29, 1.82) is 0 Å². The van der Waals surface area contributed by atoms with Crippen LogP contribution in [0.1, 0.15) is 35.6 Å². The fourth-order valence-corrected chi connectivity index (χ4v) is 2.88. The molecule has 2 aromatic rings. The van der Waals surface area contributed by atoms with Crippen LogP contribution in [0.2, 0.25) is 0 Å². The topological polar surface area (TPSA) is 56.0 Å². The van der Waals surface area contributed by atoms with Gasteiger partial charge in [-0.05, 0) is 48.6 Å². The molecule has 1 aromatic carbocycles. The molecule has 0 saturated carbocycles. The molecule has 0 fully saturated rings. The van der Waals surface area contributed by atoms with E-state index in [-0.39, 0.29) is 11.7 Å². The zero-order chi connectivity index (χ0) is 13.9. The van der Waals surface area contributed by atoms with Crippen LogP contribution in [0.5, 0.6) is 0 Å². The maximum atomic E-state index is 12.5. The molecule has 0 bridgehead atoms. The van der Waals surface area contributed by atoms with Gasteiger partial charge < -0.3 is 5.73 Å². The summed E-state index contributed by atoms with van der Waals surface area (Å²) in [6.45, 7) is 0. The van der Waals surface area contributed by atoms with Gasteiger partial charge in [0.2, 0.25) is 0 Å². The maximum Gasteiger partial charge on any atom is 0.146 e. The summed E-state index contributed by atoms with van der Waals surface area (Å²) in [7, 11) is 0. The Labute approximate surface area is 118 Å². The van der Waals surface area contributed by atoms with Gasteiger partial charge in [0.25, 0.3) is 0 Å².